The summed E-state index contributed by atoms with van der Waals surface area (Å²) in [6.07, 6.45) is 2.67. The van der Waals surface area contributed by atoms with Crippen molar-refractivity contribution in [2.75, 3.05) is 33.3 Å². The molecule has 0 bridgehead atoms. The fourth-order valence-corrected chi connectivity index (χ4v) is 5.51. The molecule has 1 fully saturated rings. The summed E-state index contributed by atoms with van der Waals surface area (Å²) in [4.78, 5) is 30.0. The highest BCUT2D eigenvalue weighted by molar-refractivity contribution is 5.82. The molecule has 1 unspecified atom stereocenters. The number of likely N-dealkylation sites (tertiary alicyclic amines) is 1. The summed E-state index contributed by atoms with van der Waals surface area (Å²) in [5.41, 5.74) is 4.40. The van der Waals surface area contributed by atoms with Crippen LogP contribution in [0.2, 0.25) is 0 Å². The molecule has 2 aliphatic rings. The Labute approximate surface area is 218 Å². The SMILES string of the molecule is COC(=O)C1c2ccc(OCc3ccccc3)cc2CCN1CC(=O)N1CCC(c2ccccc2)CC1. The van der Waals surface area contributed by atoms with E-state index in [9.17, 15) is 9.59 Å². The predicted octanol–water partition coefficient (Wildman–Crippen LogP) is 4.74. The van der Waals surface area contributed by atoms with Gasteiger partial charge in [0.2, 0.25) is 5.91 Å². The average Bonchev–Trinajstić information content (AvgIpc) is 2.96. The fraction of sp³-hybridized carbons (Fsp3) is 0.355. The molecule has 0 aromatic heterocycles. The van der Waals surface area contributed by atoms with Gasteiger partial charge in [-0.2, -0.15) is 0 Å². The second-order valence-electron chi connectivity index (χ2n) is 9.85. The van der Waals surface area contributed by atoms with E-state index in [1.165, 1.54) is 12.7 Å². The molecule has 5 rings (SSSR count). The summed E-state index contributed by atoms with van der Waals surface area (Å²) in [5.74, 6) is 1.01. The molecule has 0 spiro atoms. The van der Waals surface area contributed by atoms with E-state index in [1.54, 1.807) is 0 Å². The van der Waals surface area contributed by atoms with Gasteiger partial charge < -0.3 is 14.4 Å². The van der Waals surface area contributed by atoms with Crippen LogP contribution in [0.4, 0.5) is 0 Å². The highest BCUT2D eigenvalue weighted by atomic mass is 16.5. The molecule has 0 aliphatic carbocycles. The second-order valence-corrected chi connectivity index (χ2v) is 9.85. The van der Waals surface area contributed by atoms with Crippen molar-refractivity contribution in [3.05, 3.63) is 101 Å². The number of rotatable bonds is 7. The minimum atomic E-state index is -0.595. The molecule has 0 radical (unpaired) electrons. The lowest BCUT2D eigenvalue weighted by atomic mass is 9.89. The number of ether oxygens (including phenoxy) is 2. The van der Waals surface area contributed by atoms with Crippen LogP contribution in [-0.4, -0.2) is 55.0 Å². The largest absolute Gasteiger partial charge is 0.489 e. The first-order chi connectivity index (χ1) is 18.1. The summed E-state index contributed by atoms with van der Waals surface area (Å²) >= 11 is 0. The number of hydrogen-bond acceptors (Lipinski definition) is 5. The molecule has 1 saturated heterocycles. The van der Waals surface area contributed by atoms with Gasteiger partial charge in [0.25, 0.3) is 0 Å². The van der Waals surface area contributed by atoms with Crippen molar-refractivity contribution in [1.82, 2.24) is 9.80 Å². The minimum absolute atomic E-state index is 0.0756. The van der Waals surface area contributed by atoms with E-state index in [-0.39, 0.29) is 18.4 Å². The zero-order valence-electron chi connectivity index (χ0n) is 21.3. The Morgan fingerprint density at radius 2 is 1.59 bits per heavy atom. The summed E-state index contributed by atoms with van der Waals surface area (Å²) < 4.78 is 11.2. The summed E-state index contributed by atoms with van der Waals surface area (Å²) in [6.45, 7) is 2.80. The zero-order chi connectivity index (χ0) is 25.6. The van der Waals surface area contributed by atoms with Crippen LogP contribution in [0.3, 0.4) is 0 Å². The van der Waals surface area contributed by atoms with Gasteiger partial charge >= 0.3 is 5.97 Å². The molecule has 37 heavy (non-hydrogen) atoms. The third kappa shape index (κ3) is 5.86. The maximum absolute atomic E-state index is 13.3. The average molecular weight is 499 g/mol. The number of piperidine rings is 1. The number of methoxy groups -OCH3 is 1. The Balaban J connectivity index is 1.23. The number of carbonyl (C=O) groups excluding carboxylic acids is 2. The van der Waals surface area contributed by atoms with Crippen LogP contribution < -0.4 is 4.74 Å². The lowest BCUT2D eigenvalue weighted by Crippen LogP contribution is -2.48. The standard InChI is InChI=1S/C31H34N2O4/c1-36-31(35)30-28-13-12-27(37-22-23-8-4-2-5-9-23)20-26(28)16-19-33(30)21-29(34)32-17-14-25(15-18-32)24-10-6-3-7-11-24/h2-13,20,25,30H,14-19,21-22H2,1H3. The molecule has 0 saturated carbocycles. The molecule has 6 nitrogen and oxygen atoms in total. The van der Waals surface area contributed by atoms with Crippen LogP contribution in [-0.2, 0) is 27.4 Å². The zero-order valence-corrected chi connectivity index (χ0v) is 21.3. The topological polar surface area (TPSA) is 59.1 Å². The van der Waals surface area contributed by atoms with E-state index < -0.39 is 6.04 Å². The number of amides is 1. The first-order valence-electron chi connectivity index (χ1n) is 13.1. The summed E-state index contributed by atoms with van der Waals surface area (Å²) in [5, 5.41) is 0. The van der Waals surface area contributed by atoms with Gasteiger partial charge in [-0.15, -0.1) is 0 Å². The fourth-order valence-electron chi connectivity index (χ4n) is 5.51. The molecule has 2 aliphatic heterocycles. The van der Waals surface area contributed by atoms with E-state index in [0.717, 1.165) is 54.8 Å². The minimum Gasteiger partial charge on any atom is -0.489 e. The van der Waals surface area contributed by atoms with Gasteiger partial charge in [0.05, 0.1) is 13.7 Å². The van der Waals surface area contributed by atoms with Crippen molar-refractivity contribution >= 4 is 11.9 Å². The van der Waals surface area contributed by atoms with Gasteiger partial charge in [-0.1, -0.05) is 66.7 Å². The van der Waals surface area contributed by atoms with Gasteiger partial charge in [0.1, 0.15) is 18.4 Å². The maximum atomic E-state index is 13.3. The quantitative estimate of drug-likeness (QED) is 0.440. The monoisotopic (exact) mass is 498 g/mol. The molecule has 0 N–H and O–H groups in total. The second kappa shape index (κ2) is 11.6. The Morgan fingerprint density at radius 1 is 0.892 bits per heavy atom. The number of hydrogen-bond donors (Lipinski definition) is 0. The van der Waals surface area contributed by atoms with Crippen molar-refractivity contribution in [3.63, 3.8) is 0 Å². The molecule has 1 atom stereocenters. The molecule has 2 heterocycles. The van der Waals surface area contributed by atoms with Crippen molar-refractivity contribution in [2.45, 2.75) is 37.8 Å². The third-order valence-corrected chi connectivity index (χ3v) is 7.57. The van der Waals surface area contributed by atoms with E-state index in [0.29, 0.717) is 19.1 Å². The van der Waals surface area contributed by atoms with Crippen molar-refractivity contribution < 1.29 is 19.1 Å². The smallest absolute Gasteiger partial charge is 0.327 e. The van der Waals surface area contributed by atoms with Gasteiger partial charge in [0, 0.05) is 19.6 Å². The lowest BCUT2D eigenvalue weighted by molar-refractivity contribution is -0.149. The molecule has 192 valence electrons. The number of benzene rings is 3. The van der Waals surface area contributed by atoms with Crippen LogP contribution in [0.1, 0.15) is 47.1 Å². The number of esters is 1. The first-order valence-corrected chi connectivity index (χ1v) is 13.1. The Hall–Kier alpha value is -3.64. The highest BCUT2D eigenvalue weighted by Crippen LogP contribution is 2.34. The highest BCUT2D eigenvalue weighted by Gasteiger charge is 2.36. The van der Waals surface area contributed by atoms with Gasteiger partial charge in [-0.3, -0.25) is 9.69 Å². The Morgan fingerprint density at radius 3 is 2.30 bits per heavy atom. The van der Waals surface area contributed by atoms with Crippen LogP contribution in [0, 0.1) is 0 Å². The Kier molecular flexibility index (Phi) is 7.85. The van der Waals surface area contributed by atoms with E-state index in [4.69, 9.17) is 9.47 Å². The first kappa shape index (κ1) is 25.0. The van der Waals surface area contributed by atoms with Gasteiger partial charge in [0.15, 0.2) is 0 Å². The number of carbonyl (C=O) groups is 2. The number of nitrogens with zero attached hydrogens (tertiary/aromatic N) is 2. The summed E-state index contributed by atoms with van der Waals surface area (Å²) in [7, 11) is 1.41. The van der Waals surface area contributed by atoms with Crippen molar-refractivity contribution in [1.29, 1.82) is 0 Å². The normalized spacial score (nSPS) is 18.2. The van der Waals surface area contributed by atoms with Gasteiger partial charge in [-0.05, 0) is 59.6 Å². The summed E-state index contributed by atoms with van der Waals surface area (Å²) in [6, 6.07) is 25.8. The molecular formula is C31H34N2O4. The van der Waals surface area contributed by atoms with E-state index >= 15 is 0 Å². The molecule has 1 amide bonds. The van der Waals surface area contributed by atoms with Crippen LogP contribution >= 0.6 is 0 Å². The molecule has 3 aromatic rings. The van der Waals surface area contributed by atoms with Crippen LogP contribution in [0.15, 0.2) is 78.9 Å². The number of fused-ring (bicyclic) bond motifs is 1. The molecular weight excluding hydrogens is 464 g/mol. The van der Waals surface area contributed by atoms with Crippen LogP contribution in [0.5, 0.6) is 5.75 Å². The van der Waals surface area contributed by atoms with Crippen LogP contribution in [0.25, 0.3) is 0 Å². The Bertz CT molecular complexity index is 1210. The lowest BCUT2D eigenvalue weighted by Gasteiger charge is -2.38. The van der Waals surface area contributed by atoms with Gasteiger partial charge in [-0.25, -0.2) is 4.79 Å². The molecule has 6 heteroatoms. The maximum Gasteiger partial charge on any atom is 0.327 e. The van der Waals surface area contributed by atoms with Crippen molar-refractivity contribution in [2.24, 2.45) is 0 Å². The van der Waals surface area contributed by atoms with Crippen molar-refractivity contribution in [3.8, 4) is 5.75 Å². The predicted molar refractivity (Wildman–Crippen MR) is 142 cm³/mol. The molecule has 3 aromatic carbocycles. The third-order valence-electron chi connectivity index (χ3n) is 7.57. The van der Waals surface area contributed by atoms with E-state index in [1.807, 2.05) is 64.4 Å². The van der Waals surface area contributed by atoms with E-state index in [2.05, 4.69) is 24.3 Å².